The number of nitrogens with one attached hydrogen (secondary N) is 1. The molecule has 0 aromatic heterocycles. The van der Waals surface area contributed by atoms with Gasteiger partial charge in [-0.15, -0.1) is 0 Å². The fraction of sp³-hybridized carbons (Fsp3) is 0.391. The number of hydrogen-bond donors (Lipinski definition) is 1. The molecule has 1 aliphatic rings. The fourth-order valence-electron chi connectivity index (χ4n) is 3.68. The molecule has 160 valence electrons. The summed E-state index contributed by atoms with van der Waals surface area (Å²) in [5, 5.41) is 3.25. The summed E-state index contributed by atoms with van der Waals surface area (Å²) in [6.45, 7) is 4.60. The van der Waals surface area contributed by atoms with Crippen molar-refractivity contribution in [1.29, 1.82) is 0 Å². The van der Waals surface area contributed by atoms with Crippen LogP contribution in [0.5, 0.6) is 11.5 Å². The van der Waals surface area contributed by atoms with Crippen molar-refractivity contribution in [2.45, 2.75) is 32.6 Å². The number of rotatable bonds is 7. The molecule has 1 aliphatic heterocycles. The van der Waals surface area contributed by atoms with Crippen molar-refractivity contribution in [1.82, 2.24) is 0 Å². The summed E-state index contributed by atoms with van der Waals surface area (Å²) in [6, 6.07) is 11.1. The van der Waals surface area contributed by atoms with E-state index in [4.69, 9.17) is 21.1 Å². The zero-order valence-electron chi connectivity index (χ0n) is 17.7. The quantitative estimate of drug-likeness (QED) is 0.680. The van der Waals surface area contributed by atoms with E-state index in [0.29, 0.717) is 34.7 Å². The van der Waals surface area contributed by atoms with Crippen LogP contribution in [0.4, 0.5) is 11.4 Å². The van der Waals surface area contributed by atoms with Crippen LogP contribution in [-0.4, -0.2) is 32.6 Å². The third-order valence-electron chi connectivity index (χ3n) is 5.60. The summed E-state index contributed by atoms with van der Waals surface area (Å²) in [5.41, 5.74) is 2.46. The van der Waals surface area contributed by atoms with Gasteiger partial charge in [0.05, 0.1) is 30.8 Å². The number of hydrogen-bond acceptors (Lipinski definition) is 4. The van der Waals surface area contributed by atoms with Crippen LogP contribution >= 0.6 is 11.6 Å². The maximum absolute atomic E-state index is 12.9. The zero-order valence-corrected chi connectivity index (χ0v) is 18.5. The van der Waals surface area contributed by atoms with Gasteiger partial charge in [0.25, 0.3) is 0 Å². The molecule has 0 saturated carbocycles. The van der Waals surface area contributed by atoms with E-state index >= 15 is 0 Å². The Morgan fingerprint density at radius 3 is 2.60 bits per heavy atom. The Morgan fingerprint density at radius 1 is 1.23 bits per heavy atom. The van der Waals surface area contributed by atoms with Gasteiger partial charge in [0.2, 0.25) is 11.8 Å². The van der Waals surface area contributed by atoms with Gasteiger partial charge in [0, 0.05) is 30.8 Å². The molecular formula is C23H27ClN2O4. The molecule has 7 heteroatoms. The molecular weight excluding hydrogens is 404 g/mol. The second kappa shape index (κ2) is 9.39. The minimum Gasteiger partial charge on any atom is -0.495 e. The molecule has 2 amide bonds. The molecule has 1 N–H and O–H groups in total. The summed E-state index contributed by atoms with van der Waals surface area (Å²) in [7, 11) is 3.00. The summed E-state index contributed by atoms with van der Waals surface area (Å²) in [4.78, 5) is 27.4. The first-order chi connectivity index (χ1) is 14.4. The average molecular weight is 431 g/mol. The number of nitrogens with zero attached hydrogens (tertiary/aromatic N) is 1. The number of amides is 2. The number of ether oxygens (including phenoxy) is 2. The Bertz CT molecular complexity index is 947. The van der Waals surface area contributed by atoms with Gasteiger partial charge in [-0.05, 0) is 24.0 Å². The molecule has 2 aromatic rings. The van der Waals surface area contributed by atoms with Gasteiger partial charge in [0.15, 0.2) is 0 Å². The van der Waals surface area contributed by atoms with Gasteiger partial charge in [0.1, 0.15) is 11.5 Å². The van der Waals surface area contributed by atoms with E-state index in [1.54, 1.807) is 17.0 Å². The van der Waals surface area contributed by atoms with Crippen LogP contribution in [0.25, 0.3) is 0 Å². The lowest BCUT2D eigenvalue weighted by molar-refractivity contribution is -0.122. The van der Waals surface area contributed by atoms with Crippen molar-refractivity contribution in [3.63, 3.8) is 0 Å². The fourth-order valence-corrected chi connectivity index (χ4v) is 3.91. The number of methoxy groups -OCH3 is 2. The standard InChI is InChI=1S/C23H27ClN2O4/c1-5-14(2)16-8-6-7-9-19(16)26-13-15(10-22(26)27)23(28)25-18-12-20(29-3)17(24)11-21(18)30-4/h6-9,11-12,14-15H,5,10,13H2,1-4H3,(H,25,28)/t14-,15+/m0/s1. The average Bonchev–Trinajstić information content (AvgIpc) is 3.15. The van der Waals surface area contributed by atoms with Crippen LogP contribution in [0.1, 0.15) is 38.2 Å². The number of carbonyl (C=O) groups excluding carboxylic acids is 2. The molecule has 6 nitrogen and oxygen atoms in total. The third-order valence-corrected chi connectivity index (χ3v) is 5.89. The van der Waals surface area contributed by atoms with E-state index in [2.05, 4.69) is 25.2 Å². The molecule has 0 radical (unpaired) electrons. The maximum atomic E-state index is 12.9. The number of para-hydroxylation sites is 1. The Hall–Kier alpha value is -2.73. The van der Waals surface area contributed by atoms with Crippen molar-refractivity contribution in [2.75, 3.05) is 31.0 Å². The zero-order chi connectivity index (χ0) is 21.8. The lowest BCUT2D eigenvalue weighted by Crippen LogP contribution is -2.29. The first-order valence-corrected chi connectivity index (χ1v) is 10.4. The molecule has 30 heavy (non-hydrogen) atoms. The van der Waals surface area contributed by atoms with E-state index in [9.17, 15) is 9.59 Å². The summed E-state index contributed by atoms with van der Waals surface area (Å²) < 4.78 is 10.6. The van der Waals surface area contributed by atoms with E-state index in [0.717, 1.165) is 17.7 Å². The van der Waals surface area contributed by atoms with Crippen molar-refractivity contribution in [3.8, 4) is 11.5 Å². The molecule has 2 atom stereocenters. The summed E-state index contributed by atoms with van der Waals surface area (Å²) in [6.07, 6.45) is 1.13. The van der Waals surface area contributed by atoms with Gasteiger partial charge in [-0.1, -0.05) is 43.6 Å². The Labute approximate surface area is 182 Å². The molecule has 0 spiro atoms. The molecule has 0 unspecified atom stereocenters. The highest BCUT2D eigenvalue weighted by molar-refractivity contribution is 6.32. The number of anilines is 2. The van der Waals surface area contributed by atoms with Crippen molar-refractivity contribution in [2.24, 2.45) is 5.92 Å². The van der Waals surface area contributed by atoms with Crippen LogP contribution in [0.15, 0.2) is 36.4 Å². The van der Waals surface area contributed by atoms with Crippen LogP contribution in [0.2, 0.25) is 5.02 Å². The van der Waals surface area contributed by atoms with Crippen molar-refractivity contribution < 1.29 is 19.1 Å². The lowest BCUT2D eigenvalue weighted by Gasteiger charge is -2.23. The molecule has 1 fully saturated rings. The smallest absolute Gasteiger partial charge is 0.229 e. The monoisotopic (exact) mass is 430 g/mol. The topological polar surface area (TPSA) is 67.9 Å². The molecule has 1 saturated heterocycles. The highest BCUT2D eigenvalue weighted by Crippen LogP contribution is 2.37. The Morgan fingerprint density at radius 2 is 1.93 bits per heavy atom. The molecule has 1 heterocycles. The summed E-state index contributed by atoms with van der Waals surface area (Å²) in [5.74, 6) is 0.430. The highest BCUT2D eigenvalue weighted by Gasteiger charge is 2.36. The van der Waals surface area contributed by atoms with Gasteiger partial charge < -0.3 is 19.7 Å². The number of benzene rings is 2. The Balaban J connectivity index is 1.80. The molecule has 3 rings (SSSR count). The first kappa shape index (κ1) is 22.0. The van der Waals surface area contributed by atoms with Gasteiger partial charge >= 0.3 is 0 Å². The first-order valence-electron chi connectivity index (χ1n) is 10.0. The normalized spacial score (nSPS) is 17.0. The van der Waals surface area contributed by atoms with Crippen molar-refractivity contribution >= 4 is 34.8 Å². The van der Waals surface area contributed by atoms with E-state index < -0.39 is 5.92 Å². The SMILES string of the molecule is CC[C@H](C)c1ccccc1N1C[C@H](C(=O)Nc2cc(OC)c(Cl)cc2OC)CC1=O. The van der Waals surface area contributed by atoms with Gasteiger partial charge in [-0.25, -0.2) is 0 Å². The highest BCUT2D eigenvalue weighted by atomic mass is 35.5. The molecule has 2 aromatic carbocycles. The van der Waals surface area contributed by atoms with E-state index in [-0.39, 0.29) is 18.2 Å². The van der Waals surface area contributed by atoms with E-state index in [1.807, 2.05) is 18.2 Å². The number of carbonyl (C=O) groups is 2. The van der Waals surface area contributed by atoms with Crippen molar-refractivity contribution in [3.05, 3.63) is 47.0 Å². The minimum atomic E-state index is -0.464. The molecule has 0 aliphatic carbocycles. The second-order valence-electron chi connectivity index (χ2n) is 7.45. The predicted molar refractivity (Wildman–Crippen MR) is 119 cm³/mol. The van der Waals surface area contributed by atoms with Gasteiger partial charge in [-0.3, -0.25) is 9.59 Å². The van der Waals surface area contributed by atoms with Crippen LogP contribution in [0, 0.1) is 5.92 Å². The second-order valence-corrected chi connectivity index (χ2v) is 7.86. The maximum Gasteiger partial charge on any atom is 0.229 e. The predicted octanol–water partition coefficient (Wildman–Crippen LogP) is 4.86. The third kappa shape index (κ3) is 4.38. The van der Waals surface area contributed by atoms with Crippen LogP contribution < -0.4 is 19.7 Å². The molecule has 0 bridgehead atoms. The largest absolute Gasteiger partial charge is 0.495 e. The van der Waals surface area contributed by atoms with Gasteiger partial charge in [-0.2, -0.15) is 0 Å². The Kier molecular flexibility index (Phi) is 6.87. The number of halogens is 1. The minimum absolute atomic E-state index is 0.0495. The van der Waals surface area contributed by atoms with Crippen LogP contribution in [-0.2, 0) is 9.59 Å². The lowest BCUT2D eigenvalue weighted by atomic mass is 9.96. The summed E-state index contributed by atoms with van der Waals surface area (Å²) >= 11 is 6.13. The van der Waals surface area contributed by atoms with E-state index in [1.165, 1.54) is 14.2 Å². The van der Waals surface area contributed by atoms with Crippen LogP contribution in [0.3, 0.4) is 0 Å².